The Bertz CT molecular complexity index is 1260. The quantitative estimate of drug-likeness (QED) is 0.282. The fraction of sp³-hybridized carbons (Fsp3) is 0.182. The smallest absolute Gasteiger partial charge is 0.356 e. The second-order valence-corrected chi connectivity index (χ2v) is 6.79. The number of nitro groups is 1. The van der Waals surface area contributed by atoms with Gasteiger partial charge in [-0.05, 0) is 31.5 Å². The molecular weight excluding hydrogens is 370 g/mol. The zero-order valence-corrected chi connectivity index (χ0v) is 16.1. The Balaban J connectivity index is 1.87. The van der Waals surface area contributed by atoms with E-state index in [1.54, 1.807) is 38.2 Å². The molecule has 0 unspecified atom stereocenters. The van der Waals surface area contributed by atoms with Crippen molar-refractivity contribution in [1.29, 1.82) is 0 Å². The third-order valence-corrected chi connectivity index (χ3v) is 4.95. The van der Waals surface area contributed by atoms with Crippen molar-refractivity contribution in [1.82, 2.24) is 9.55 Å². The molecular formula is C22H19N3O4. The number of fused-ring (bicyclic) bond motifs is 3. The molecule has 0 atom stereocenters. The number of esters is 1. The summed E-state index contributed by atoms with van der Waals surface area (Å²) in [5.41, 5.74) is 3.62. The molecule has 0 saturated heterocycles. The van der Waals surface area contributed by atoms with Gasteiger partial charge in [-0.3, -0.25) is 10.1 Å². The molecule has 2 aromatic heterocycles. The molecule has 7 heteroatoms. The van der Waals surface area contributed by atoms with E-state index in [2.05, 4.69) is 9.55 Å². The van der Waals surface area contributed by atoms with E-state index >= 15 is 0 Å². The van der Waals surface area contributed by atoms with Crippen molar-refractivity contribution in [2.75, 3.05) is 6.61 Å². The molecule has 146 valence electrons. The van der Waals surface area contributed by atoms with Gasteiger partial charge < -0.3 is 9.30 Å². The number of carbonyl (C=O) groups excluding carboxylic acids is 1. The minimum absolute atomic E-state index is 0.103. The van der Waals surface area contributed by atoms with Gasteiger partial charge in [-0.1, -0.05) is 30.3 Å². The summed E-state index contributed by atoms with van der Waals surface area (Å²) in [6.07, 6.45) is 1.66. The van der Waals surface area contributed by atoms with E-state index in [-0.39, 0.29) is 22.9 Å². The molecule has 0 N–H and O–H groups in total. The molecule has 2 aromatic carbocycles. The van der Waals surface area contributed by atoms with Crippen LogP contribution < -0.4 is 0 Å². The Hall–Kier alpha value is -3.74. The van der Waals surface area contributed by atoms with Crippen LogP contribution >= 0.6 is 0 Å². The van der Waals surface area contributed by atoms with Crippen LogP contribution in [-0.4, -0.2) is 27.1 Å². The maximum absolute atomic E-state index is 12.1. The number of hydrogen-bond acceptors (Lipinski definition) is 5. The summed E-state index contributed by atoms with van der Waals surface area (Å²) in [4.78, 5) is 27.3. The van der Waals surface area contributed by atoms with Gasteiger partial charge >= 0.3 is 5.97 Å². The van der Waals surface area contributed by atoms with E-state index in [4.69, 9.17) is 4.74 Å². The topological polar surface area (TPSA) is 87.3 Å². The molecule has 0 aliphatic rings. The second-order valence-electron chi connectivity index (χ2n) is 6.79. The Labute approximate surface area is 166 Å². The van der Waals surface area contributed by atoms with Gasteiger partial charge in [0.2, 0.25) is 0 Å². The maximum atomic E-state index is 12.1. The lowest BCUT2D eigenvalue weighted by Crippen LogP contribution is -2.07. The predicted octanol–water partition coefficient (Wildman–Crippen LogP) is 4.63. The zero-order chi connectivity index (χ0) is 20.5. The number of hydrogen-bond donors (Lipinski definition) is 0. The number of ether oxygens (including phenoxy) is 1. The molecule has 29 heavy (non-hydrogen) atoms. The summed E-state index contributed by atoms with van der Waals surface area (Å²) < 4.78 is 7.12. The van der Waals surface area contributed by atoms with Crippen LogP contribution in [0.15, 0.2) is 54.7 Å². The highest BCUT2D eigenvalue weighted by molar-refractivity contribution is 6.09. The third kappa shape index (κ3) is 3.31. The van der Waals surface area contributed by atoms with Gasteiger partial charge in [0.1, 0.15) is 5.69 Å². The van der Waals surface area contributed by atoms with Crippen molar-refractivity contribution in [3.63, 3.8) is 0 Å². The van der Waals surface area contributed by atoms with Gasteiger partial charge in [-0.15, -0.1) is 0 Å². The van der Waals surface area contributed by atoms with Gasteiger partial charge in [-0.25, -0.2) is 9.78 Å². The summed E-state index contributed by atoms with van der Waals surface area (Å²) in [5, 5.41) is 13.2. The standard InChI is InChI=1S/C22H19N3O4/c1-3-29-22(26)18-11-17-16-6-4-5-7-19(16)24(21(17)12-23-18)13-15-9-8-14(2)20(10-15)25(27)28/h4-12H,3,13H2,1-2H3. The molecule has 0 spiro atoms. The minimum atomic E-state index is -0.458. The van der Waals surface area contributed by atoms with Crippen LogP contribution in [0.1, 0.15) is 28.5 Å². The largest absolute Gasteiger partial charge is 0.461 e. The zero-order valence-electron chi connectivity index (χ0n) is 16.1. The lowest BCUT2D eigenvalue weighted by atomic mass is 10.1. The van der Waals surface area contributed by atoms with E-state index in [0.717, 1.165) is 27.4 Å². The normalized spacial score (nSPS) is 11.1. The number of aryl methyl sites for hydroxylation is 1. The average Bonchev–Trinajstić information content (AvgIpc) is 3.02. The number of carbonyl (C=O) groups is 1. The molecule has 0 aliphatic carbocycles. The first-order valence-corrected chi connectivity index (χ1v) is 9.27. The Morgan fingerprint density at radius 2 is 1.93 bits per heavy atom. The monoisotopic (exact) mass is 389 g/mol. The van der Waals surface area contributed by atoms with E-state index in [1.165, 1.54) is 0 Å². The molecule has 4 aromatic rings. The Morgan fingerprint density at radius 3 is 2.69 bits per heavy atom. The fourth-order valence-electron chi connectivity index (χ4n) is 3.57. The molecule has 0 fully saturated rings. The highest BCUT2D eigenvalue weighted by Crippen LogP contribution is 2.30. The van der Waals surface area contributed by atoms with Crippen molar-refractivity contribution < 1.29 is 14.5 Å². The highest BCUT2D eigenvalue weighted by atomic mass is 16.6. The van der Waals surface area contributed by atoms with E-state index in [0.29, 0.717) is 12.1 Å². The van der Waals surface area contributed by atoms with Crippen LogP contribution in [0.3, 0.4) is 0 Å². The molecule has 0 aliphatic heterocycles. The first kappa shape index (κ1) is 18.6. The summed E-state index contributed by atoms with van der Waals surface area (Å²) in [7, 11) is 0. The van der Waals surface area contributed by atoms with Gasteiger partial charge in [0.15, 0.2) is 0 Å². The number of nitrogens with zero attached hydrogens (tertiary/aromatic N) is 3. The van der Waals surface area contributed by atoms with Crippen LogP contribution in [0.25, 0.3) is 21.8 Å². The molecule has 0 bridgehead atoms. The highest BCUT2D eigenvalue weighted by Gasteiger charge is 2.17. The lowest BCUT2D eigenvalue weighted by Gasteiger charge is -2.09. The molecule has 2 heterocycles. The second kappa shape index (κ2) is 7.35. The third-order valence-electron chi connectivity index (χ3n) is 4.95. The van der Waals surface area contributed by atoms with E-state index < -0.39 is 5.97 Å². The van der Waals surface area contributed by atoms with Crippen molar-refractivity contribution in [2.24, 2.45) is 0 Å². The number of nitro benzene ring substituents is 1. The number of rotatable bonds is 5. The summed E-state index contributed by atoms with van der Waals surface area (Å²) in [6, 6.07) is 14.9. The van der Waals surface area contributed by atoms with Gasteiger partial charge in [-0.2, -0.15) is 0 Å². The number of aromatic nitrogens is 2. The van der Waals surface area contributed by atoms with Crippen LogP contribution in [0.2, 0.25) is 0 Å². The van der Waals surface area contributed by atoms with Crippen molar-refractivity contribution in [2.45, 2.75) is 20.4 Å². The number of benzene rings is 2. The SMILES string of the molecule is CCOC(=O)c1cc2c3ccccc3n(Cc3ccc(C)c([N+](=O)[O-])c3)c2cn1. The first-order valence-electron chi connectivity index (χ1n) is 9.27. The molecule has 4 rings (SSSR count). The van der Waals surface area contributed by atoms with Crippen LogP contribution in [0.5, 0.6) is 0 Å². The van der Waals surface area contributed by atoms with Crippen molar-refractivity contribution in [3.8, 4) is 0 Å². The summed E-state index contributed by atoms with van der Waals surface area (Å²) in [5.74, 6) is -0.458. The van der Waals surface area contributed by atoms with Crippen molar-refractivity contribution in [3.05, 3.63) is 81.7 Å². The number of para-hydroxylation sites is 1. The summed E-state index contributed by atoms with van der Waals surface area (Å²) in [6.45, 7) is 4.21. The number of pyridine rings is 1. The van der Waals surface area contributed by atoms with E-state index in [9.17, 15) is 14.9 Å². The van der Waals surface area contributed by atoms with Gasteiger partial charge in [0.25, 0.3) is 5.69 Å². The van der Waals surface area contributed by atoms with Crippen LogP contribution in [-0.2, 0) is 11.3 Å². The van der Waals surface area contributed by atoms with Crippen LogP contribution in [0, 0.1) is 17.0 Å². The van der Waals surface area contributed by atoms with Crippen LogP contribution in [0.4, 0.5) is 5.69 Å². The molecule has 0 radical (unpaired) electrons. The molecule has 0 saturated carbocycles. The molecule has 7 nitrogen and oxygen atoms in total. The summed E-state index contributed by atoms with van der Waals surface area (Å²) >= 11 is 0. The minimum Gasteiger partial charge on any atom is -0.461 e. The first-order chi connectivity index (χ1) is 14.0. The predicted molar refractivity (Wildman–Crippen MR) is 110 cm³/mol. The lowest BCUT2D eigenvalue weighted by molar-refractivity contribution is -0.385. The average molecular weight is 389 g/mol. The molecule has 0 amide bonds. The Kier molecular flexibility index (Phi) is 4.72. The maximum Gasteiger partial charge on any atom is 0.356 e. The van der Waals surface area contributed by atoms with Gasteiger partial charge in [0.05, 0.1) is 23.2 Å². The van der Waals surface area contributed by atoms with Crippen molar-refractivity contribution >= 4 is 33.5 Å². The van der Waals surface area contributed by atoms with Gasteiger partial charge in [0, 0.05) is 34.5 Å². The Morgan fingerprint density at radius 1 is 1.14 bits per heavy atom. The fourth-order valence-corrected chi connectivity index (χ4v) is 3.57. The van der Waals surface area contributed by atoms with E-state index in [1.807, 2.05) is 30.3 Å².